The number of halogens is 1. The number of sulfonamides is 1. The number of likely N-dealkylation sites (N-methyl/N-ethyl adjacent to an activating group) is 1. The summed E-state index contributed by atoms with van der Waals surface area (Å²) in [7, 11) is -3.64. The molecule has 1 amide bonds. The van der Waals surface area contributed by atoms with E-state index in [9.17, 15) is 17.6 Å². The third-order valence-corrected chi connectivity index (χ3v) is 7.67. The van der Waals surface area contributed by atoms with E-state index in [1.807, 2.05) is 16.7 Å². The smallest absolute Gasteiger partial charge is 0.243 e. The van der Waals surface area contributed by atoms with Gasteiger partial charge in [0.2, 0.25) is 15.9 Å². The lowest BCUT2D eigenvalue weighted by Gasteiger charge is -2.40. The molecular weight excluding hydrogens is 383 g/mol. The first kappa shape index (κ1) is 21.2. The normalized spacial score (nSPS) is 21.6. The van der Waals surface area contributed by atoms with Gasteiger partial charge in [-0.25, -0.2) is 12.8 Å². The molecular formula is C19H29FN4O3S. The maximum Gasteiger partial charge on any atom is 0.243 e. The number of nitrogens with zero attached hydrogens (tertiary/aromatic N) is 4. The minimum absolute atomic E-state index is 0.0975. The highest BCUT2D eigenvalue weighted by atomic mass is 32.2. The van der Waals surface area contributed by atoms with Crippen LogP contribution in [0, 0.1) is 5.82 Å². The summed E-state index contributed by atoms with van der Waals surface area (Å²) in [5.41, 5.74) is 0. The minimum Gasteiger partial charge on any atom is -0.339 e. The molecule has 28 heavy (non-hydrogen) atoms. The van der Waals surface area contributed by atoms with Crippen LogP contribution in [0.1, 0.15) is 13.8 Å². The molecule has 0 saturated carbocycles. The highest BCUT2D eigenvalue weighted by molar-refractivity contribution is 7.89. The summed E-state index contributed by atoms with van der Waals surface area (Å²) < 4.78 is 39.9. The molecule has 2 aliphatic rings. The first-order chi connectivity index (χ1) is 13.3. The fourth-order valence-electron chi connectivity index (χ4n) is 3.79. The van der Waals surface area contributed by atoms with Crippen molar-refractivity contribution in [2.75, 3.05) is 58.9 Å². The van der Waals surface area contributed by atoms with Crippen LogP contribution in [0.5, 0.6) is 0 Å². The van der Waals surface area contributed by atoms with Crippen molar-refractivity contribution in [3.8, 4) is 0 Å². The number of hydrogen-bond donors (Lipinski definition) is 0. The molecule has 0 aromatic heterocycles. The largest absolute Gasteiger partial charge is 0.339 e. The summed E-state index contributed by atoms with van der Waals surface area (Å²) >= 11 is 0. The Morgan fingerprint density at radius 3 is 2.11 bits per heavy atom. The highest BCUT2D eigenvalue weighted by Gasteiger charge is 2.33. The second-order valence-corrected chi connectivity index (χ2v) is 9.27. The summed E-state index contributed by atoms with van der Waals surface area (Å²) in [6.45, 7) is 9.97. The van der Waals surface area contributed by atoms with Gasteiger partial charge in [-0.2, -0.15) is 4.31 Å². The van der Waals surface area contributed by atoms with Crippen LogP contribution in [-0.4, -0.2) is 98.3 Å². The topological polar surface area (TPSA) is 64.2 Å². The van der Waals surface area contributed by atoms with Crippen LogP contribution in [0.4, 0.5) is 4.39 Å². The van der Waals surface area contributed by atoms with E-state index in [4.69, 9.17) is 0 Å². The second kappa shape index (κ2) is 8.86. The van der Waals surface area contributed by atoms with Gasteiger partial charge < -0.3 is 9.80 Å². The van der Waals surface area contributed by atoms with E-state index >= 15 is 0 Å². The summed E-state index contributed by atoms with van der Waals surface area (Å²) in [5.74, 6) is -0.346. The molecule has 3 rings (SSSR count). The molecule has 2 aliphatic heterocycles. The Hall–Kier alpha value is -1.55. The second-order valence-electron chi connectivity index (χ2n) is 7.33. The van der Waals surface area contributed by atoms with E-state index < -0.39 is 15.8 Å². The fourth-order valence-corrected chi connectivity index (χ4v) is 5.21. The molecule has 1 aromatic rings. The molecule has 9 heteroatoms. The highest BCUT2D eigenvalue weighted by Crippen LogP contribution is 2.19. The van der Waals surface area contributed by atoms with Gasteiger partial charge in [0.05, 0.1) is 10.9 Å². The first-order valence-electron chi connectivity index (χ1n) is 9.84. The van der Waals surface area contributed by atoms with E-state index in [1.165, 1.54) is 16.4 Å². The Morgan fingerprint density at radius 2 is 1.57 bits per heavy atom. The lowest BCUT2D eigenvalue weighted by Crippen LogP contribution is -2.57. The summed E-state index contributed by atoms with van der Waals surface area (Å²) in [5, 5.41) is 0. The molecule has 0 aliphatic carbocycles. The molecule has 1 aromatic carbocycles. The molecule has 2 saturated heterocycles. The van der Waals surface area contributed by atoms with E-state index in [0.29, 0.717) is 26.2 Å². The number of benzene rings is 1. The van der Waals surface area contributed by atoms with Gasteiger partial charge in [0.15, 0.2) is 0 Å². The van der Waals surface area contributed by atoms with Crippen molar-refractivity contribution in [2.24, 2.45) is 0 Å². The minimum atomic E-state index is -3.64. The average Bonchev–Trinajstić information content (AvgIpc) is 2.73. The molecule has 7 nitrogen and oxygen atoms in total. The van der Waals surface area contributed by atoms with E-state index in [0.717, 1.165) is 44.9 Å². The third kappa shape index (κ3) is 4.53. The number of hydrogen-bond acceptors (Lipinski definition) is 5. The summed E-state index contributed by atoms with van der Waals surface area (Å²) in [4.78, 5) is 19.2. The van der Waals surface area contributed by atoms with Gasteiger partial charge in [-0.1, -0.05) is 6.92 Å². The zero-order valence-corrected chi connectivity index (χ0v) is 17.4. The van der Waals surface area contributed by atoms with E-state index in [1.54, 1.807) is 0 Å². The maximum atomic E-state index is 13.1. The fraction of sp³-hybridized carbons (Fsp3) is 0.632. The maximum absolute atomic E-state index is 13.1. The molecule has 2 fully saturated rings. The van der Waals surface area contributed by atoms with Crippen LogP contribution in [0.15, 0.2) is 29.2 Å². The Labute approximate surface area is 166 Å². The van der Waals surface area contributed by atoms with Crippen LogP contribution < -0.4 is 0 Å². The summed E-state index contributed by atoms with van der Waals surface area (Å²) in [6.07, 6.45) is 0. The first-order valence-corrected chi connectivity index (χ1v) is 11.3. The van der Waals surface area contributed by atoms with Crippen molar-refractivity contribution < 1.29 is 17.6 Å². The molecule has 2 heterocycles. The zero-order valence-electron chi connectivity index (χ0n) is 16.6. The van der Waals surface area contributed by atoms with Crippen LogP contribution >= 0.6 is 0 Å². The molecule has 0 spiro atoms. The Kier molecular flexibility index (Phi) is 6.69. The van der Waals surface area contributed by atoms with Gasteiger partial charge in [0, 0.05) is 52.4 Å². The standard InChI is InChI=1S/C19H29FN4O3S/c1-3-21-8-10-23(11-9-21)19(25)16(2)22-12-14-24(15-13-22)28(26,27)18-6-4-17(20)5-7-18/h4-7,16H,3,8-15H2,1-2H3/t16-/m1/s1. The predicted octanol–water partition coefficient (Wildman–Crippen LogP) is 0.685. The van der Waals surface area contributed by atoms with Crippen LogP contribution in [-0.2, 0) is 14.8 Å². The van der Waals surface area contributed by atoms with Crippen LogP contribution in [0.2, 0.25) is 0 Å². The molecule has 0 radical (unpaired) electrons. The number of piperazine rings is 2. The summed E-state index contributed by atoms with van der Waals surface area (Å²) in [6, 6.07) is 4.63. The Bertz CT molecular complexity index is 771. The lowest BCUT2D eigenvalue weighted by atomic mass is 10.2. The van der Waals surface area contributed by atoms with Crippen molar-refractivity contribution in [1.82, 2.24) is 19.0 Å². The van der Waals surface area contributed by atoms with Crippen LogP contribution in [0.3, 0.4) is 0 Å². The van der Waals surface area contributed by atoms with Gasteiger partial charge in [-0.3, -0.25) is 9.69 Å². The van der Waals surface area contributed by atoms with Gasteiger partial charge in [-0.05, 0) is 37.7 Å². The van der Waals surface area contributed by atoms with Crippen LogP contribution in [0.25, 0.3) is 0 Å². The lowest BCUT2D eigenvalue weighted by molar-refractivity contribution is -0.138. The predicted molar refractivity (Wildman–Crippen MR) is 105 cm³/mol. The SMILES string of the molecule is CCN1CCN(C(=O)[C@@H](C)N2CCN(S(=O)(=O)c3ccc(F)cc3)CC2)CC1. The van der Waals surface area contributed by atoms with Crippen molar-refractivity contribution in [3.63, 3.8) is 0 Å². The van der Waals surface area contributed by atoms with Gasteiger partial charge in [-0.15, -0.1) is 0 Å². The Balaban J connectivity index is 1.56. The van der Waals surface area contributed by atoms with Crippen molar-refractivity contribution in [3.05, 3.63) is 30.1 Å². The van der Waals surface area contributed by atoms with E-state index in [-0.39, 0.29) is 16.8 Å². The number of carbonyl (C=O) groups is 1. The number of amides is 1. The number of carbonyl (C=O) groups excluding carboxylic acids is 1. The Morgan fingerprint density at radius 1 is 1.00 bits per heavy atom. The quantitative estimate of drug-likeness (QED) is 0.712. The average molecular weight is 413 g/mol. The zero-order chi connectivity index (χ0) is 20.3. The van der Waals surface area contributed by atoms with E-state index in [2.05, 4.69) is 11.8 Å². The third-order valence-electron chi connectivity index (χ3n) is 5.76. The molecule has 0 N–H and O–H groups in total. The molecule has 156 valence electrons. The van der Waals surface area contributed by atoms with Gasteiger partial charge >= 0.3 is 0 Å². The monoisotopic (exact) mass is 412 g/mol. The molecule has 0 bridgehead atoms. The van der Waals surface area contributed by atoms with Gasteiger partial charge in [0.1, 0.15) is 5.82 Å². The molecule has 1 atom stereocenters. The molecule has 0 unspecified atom stereocenters. The van der Waals surface area contributed by atoms with Crippen molar-refractivity contribution >= 4 is 15.9 Å². The van der Waals surface area contributed by atoms with Crippen molar-refractivity contribution in [2.45, 2.75) is 24.8 Å². The van der Waals surface area contributed by atoms with Gasteiger partial charge in [0.25, 0.3) is 0 Å². The van der Waals surface area contributed by atoms with Crippen molar-refractivity contribution in [1.29, 1.82) is 0 Å². The number of rotatable bonds is 5.